The van der Waals surface area contributed by atoms with Crippen LogP contribution in [-0.2, 0) is 11.0 Å². The Balaban J connectivity index is 1.91. The molecule has 4 rings (SSSR count). The van der Waals surface area contributed by atoms with Gasteiger partial charge in [-0.15, -0.1) is 0 Å². The summed E-state index contributed by atoms with van der Waals surface area (Å²) < 4.78 is 41.3. The molecule has 1 amide bonds. The highest BCUT2D eigenvalue weighted by Gasteiger charge is 2.35. The summed E-state index contributed by atoms with van der Waals surface area (Å²) in [5.41, 5.74) is -0.0458. The Morgan fingerprint density at radius 3 is 2.33 bits per heavy atom. The van der Waals surface area contributed by atoms with Gasteiger partial charge in [-0.3, -0.25) is 4.79 Å². The first-order chi connectivity index (χ1) is 14.3. The molecule has 5 nitrogen and oxygen atoms in total. The van der Waals surface area contributed by atoms with Gasteiger partial charge >= 0.3 is 6.18 Å². The standard InChI is InChI=1S/C21H18ClF3N4O/c1-13(30)28-9-11-29(12-10-28)20-18-15(21(23,24)25)6-4-8-17(18)26-19(27-20)14-5-2-3-7-16(14)22/h2-8H,9-12H2,1H3. The third-order valence-corrected chi connectivity index (χ3v) is 5.48. The number of fused-ring (bicyclic) bond motifs is 1. The smallest absolute Gasteiger partial charge is 0.352 e. The molecule has 1 saturated heterocycles. The lowest BCUT2D eigenvalue weighted by molar-refractivity contribution is -0.136. The highest BCUT2D eigenvalue weighted by atomic mass is 35.5. The van der Waals surface area contributed by atoms with E-state index in [1.807, 2.05) is 0 Å². The molecule has 2 aromatic carbocycles. The lowest BCUT2D eigenvalue weighted by atomic mass is 10.1. The number of hydrogen-bond donors (Lipinski definition) is 0. The summed E-state index contributed by atoms with van der Waals surface area (Å²) in [5.74, 6) is 0.400. The number of piperazine rings is 1. The maximum Gasteiger partial charge on any atom is 0.417 e. The van der Waals surface area contributed by atoms with Crippen LogP contribution in [0.4, 0.5) is 19.0 Å². The van der Waals surface area contributed by atoms with Crippen LogP contribution in [0, 0.1) is 0 Å². The van der Waals surface area contributed by atoms with Crippen molar-refractivity contribution < 1.29 is 18.0 Å². The second-order valence-corrected chi connectivity index (χ2v) is 7.45. The van der Waals surface area contributed by atoms with Crippen LogP contribution in [0.25, 0.3) is 22.3 Å². The molecule has 9 heteroatoms. The number of benzene rings is 2. The van der Waals surface area contributed by atoms with Crippen LogP contribution in [0.2, 0.25) is 5.02 Å². The Hall–Kier alpha value is -2.87. The Morgan fingerprint density at radius 2 is 1.70 bits per heavy atom. The fraction of sp³-hybridized carbons (Fsp3) is 0.286. The molecule has 1 aliphatic rings. The van der Waals surface area contributed by atoms with Gasteiger partial charge in [-0.05, 0) is 24.3 Å². The summed E-state index contributed by atoms with van der Waals surface area (Å²) in [5, 5.41) is 0.369. The second-order valence-electron chi connectivity index (χ2n) is 7.04. The molecule has 0 bridgehead atoms. The highest BCUT2D eigenvalue weighted by Crippen LogP contribution is 2.39. The molecule has 0 radical (unpaired) electrons. The van der Waals surface area contributed by atoms with Crippen molar-refractivity contribution in [3.63, 3.8) is 0 Å². The minimum absolute atomic E-state index is 0.0444. The number of alkyl halides is 3. The molecule has 3 aromatic rings. The Kier molecular flexibility index (Phi) is 5.27. The number of carbonyl (C=O) groups is 1. The highest BCUT2D eigenvalue weighted by molar-refractivity contribution is 6.33. The quantitative estimate of drug-likeness (QED) is 0.589. The molecule has 0 spiro atoms. The lowest BCUT2D eigenvalue weighted by Gasteiger charge is -2.35. The van der Waals surface area contributed by atoms with Crippen molar-refractivity contribution in [1.29, 1.82) is 0 Å². The van der Waals surface area contributed by atoms with Gasteiger partial charge in [0.15, 0.2) is 5.82 Å². The average Bonchev–Trinajstić information content (AvgIpc) is 2.72. The van der Waals surface area contributed by atoms with Crippen LogP contribution in [-0.4, -0.2) is 47.0 Å². The molecule has 156 valence electrons. The van der Waals surface area contributed by atoms with Gasteiger partial charge in [0, 0.05) is 38.7 Å². The molecule has 1 aliphatic heterocycles. The van der Waals surface area contributed by atoms with Crippen LogP contribution in [0.3, 0.4) is 0 Å². The van der Waals surface area contributed by atoms with Gasteiger partial charge in [0.05, 0.1) is 21.5 Å². The number of amides is 1. The maximum absolute atomic E-state index is 13.8. The van der Waals surface area contributed by atoms with Crippen molar-refractivity contribution in [3.8, 4) is 11.4 Å². The van der Waals surface area contributed by atoms with Crippen molar-refractivity contribution in [1.82, 2.24) is 14.9 Å². The summed E-state index contributed by atoms with van der Waals surface area (Å²) in [6.07, 6.45) is -4.55. The molecule has 0 N–H and O–H groups in total. The molecule has 30 heavy (non-hydrogen) atoms. The monoisotopic (exact) mass is 434 g/mol. The van der Waals surface area contributed by atoms with Crippen molar-refractivity contribution in [2.24, 2.45) is 0 Å². The van der Waals surface area contributed by atoms with E-state index in [0.717, 1.165) is 6.07 Å². The summed E-state index contributed by atoms with van der Waals surface area (Å²) in [6.45, 7) is 3.06. The number of carbonyl (C=O) groups excluding carboxylic acids is 1. The first-order valence-corrected chi connectivity index (χ1v) is 9.77. The van der Waals surface area contributed by atoms with Gasteiger partial charge in [0.25, 0.3) is 0 Å². The Labute approximate surface area is 176 Å². The van der Waals surface area contributed by atoms with Gasteiger partial charge in [-0.1, -0.05) is 29.8 Å². The fourth-order valence-electron chi connectivity index (χ4n) is 3.62. The third kappa shape index (κ3) is 3.79. The van der Waals surface area contributed by atoms with Crippen molar-refractivity contribution in [3.05, 3.63) is 53.1 Å². The molecular formula is C21H18ClF3N4O. The Morgan fingerprint density at radius 1 is 1.00 bits per heavy atom. The minimum Gasteiger partial charge on any atom is -0.352 e. The number of halogens is 4. The second kappa shape index (κ2) is 7.75. The SMILES string of the molecule is CC(=O)N1CCN(c2nc(-c3ccccc3Cl)nc3cccc(C(F)(F)F)c23)CC1. The zero-order valence-corrected chi connectivity index (χ0v) is 16.8. The van der Waals surface area contributed by atoms with Crippen molar-refractivity contribution >= 4 is 34.2 Å². The molecule has 0 atom stereocenters. The molecule has 0 unspecified atom stereocenters. The van der Waals surface area contributed by atoms with Crippen molar-refractivity contribution in [2.75, 3.05) is 31.1 Å². The number of nitrogens with zero attached hydrogens (tertiary/aromatic N) is 4. The predicted octanol–water partition coefficient (Wildman–Crippen LogP) is 4.64. The van der Waals surface area contributed by atoms with Gasteiger partial charge in [0.1, 0.15) is 5.82 Å². The molecule has 0 aliphatic carbocycles. The van der Waals surface area contributed by atoms with Gasteiger partial charge in [0.2, 0.25) is 5.91 Å². The van der Waals surface area contributed by atoms with E-state index in [9.17, 15) is 18.0 Å². The van der Waals surface area contributed by atoms with E-state index in [2.05, 4.69) is 9.97 Å². The van der Waals surface area contributed by atoms with Gasteiger partial charge in [-0.2, -0.15) is 13.2 Å². The van der Waals surface area contributed by atoms with E-state index in [4.69, 9.17) is 11.6 Å². The first-order valence-electron chi connectivity index (χ1n) is 9.39. The number of aromatic nitrogens is 2. The first kappa shape index (κ1) is 20.4. The predicted molar refractivity (Wildman–Crippen MR) is 109 cm³/mol. The van der Waals surface area contributed by atoms with Crippen LogP contribution in [0.15, 0.2) is 42.5 Å². The summed E-state index contributed by atoms with van der Waals surface area (Å²) in [6, 6.07) is 10.9. The van der Waals surface area contributed by atoms with E-state index in [1.165, 1.54) is 13.0 Å². The topological polar surface area (TPSA) is 49.3 Å². The molecule has 1 aromatic heterocycles. The van der Waals surface area contributed by atoms with Crippen LogP contribution in [0.5, 0.6) is 0 Å². The maximum atomic E-state index is 13.8. The van der Waals surface area contributed by atoms with Crippen LogP contribution in [0.1, 0.15) is 12.5 Å². The third-order valence-electron chi connectivity index (χ3n) is 5.15. The largest absolute Gasteiger partial charge is 0.417 e. The number of rotatable bonds is 2. The molecule has 1 fully saturated rings. The fourth-order valence-corrected chi connectivity index (χ4v) is 3.85. The van der Waals surface area contributed by atoms with Gasteiger partial charge in [-0.25, -0.2) is 9.97 Å². The van der Waals surface area contributed by atoms with E-state index < -0.39 is 11.7 Å². The summed E-state index contributed by atoms with van der Waals surface area (Å²) in [4.78, 5) is 24.0. The zero-order chi connectivity index (χ0) is 21.5. The summed E-state index contributed by atoms with van der Waals surface area (Å²) >= 11 is 6.29. The molecule has 0 saturated carbocycles. The van der Waals surface area contributed by atoms with E-state index in [1.54, 1.807) is 40.1 Å². The minimum atomic E-state index is -4.55. The number of anilines is 1. The van der Waals surface area contributed by atoms with Crippen molar-refractivity contribution in [2.45, 2.75) is 13.1 Å². The summed E-state index contributed by atoms with van der Waals surface area (Å²) in [7, 11) is 0. The normalized spacial score (nSPS) is 15.0. The lowest BCUT2D eigenvalue weighted by Crippen LogP contribution is -2.48. The van der Waals surface area contributed by atoms with Crippen LogP contribution >= 0.6 is 11.6 Å². The number of hydrogen-bond acceptors (Lipinski definition) is 4. The van der Waals surface area contributed by atoms with E-state index in [0.29, 0.717) is 36.8 Å². The van der Waals surface area contributed by atoms with E-state index in [-0.39, 0.29) is 28.5 Å². The van der Waals surface area contributed by atoms with Gasteiger partial charge < -0.3 is 9.80 Å². The average molecular weight is 435 g/mol. The Bertz CT molecular complexity index is 1110. The van der Waals surface area contributed by atoms with E-state index >= 15 is 0 Å². The molecule has 2 heterocycles. The van der Waals surface area contributed by atoms with Crippen LogP contribution < -0.4 is 4.90 Å². The molecular weight excluding hydrogens is 417 g/mol. The zero-order valence-electron chi connectivity index (χ0n) is 16.1.